The van der Waals surface area contributed by atoms with Gasteiger partial charge < -0.3 is 19.4 Å². The Morgan fingerprint density at radius 1 is 1.12 bits per heavy atom. The van der Waals surface area contributed by atoms with E-state index in [0.717, 1.165) is 30.7 Å². The molecule has 1 aromatic rings. The third-order valence-corrected chi connectivity index (χ3v) is 5.59. The third kappa shape index (κ3) is 2.82. The van der Waals surface area contributed by atoms with Gasteiger partial charge in [0.25, 0.3) is 0 Å². The zero-order chi connectivity index (χ0) is 16.9. The molecular weight excluding hydrogens is 303 g/mol. The Labute approximate surface area is 143 Å². The van der Waals surface area contributed by atoms with Gasteiger partial charge in [0, 0.05) is 29.9 Å². The maximum atomic E-state index is 6.15. The third-order valence-electron chi connectivity index (χ3n) is 5.59. The van der Waals surface area contributed by atoms with E-state index in [4.69, 9.17) is 14.0 Å². The Balaban J connectivity index is 1.60. The average Bonchev–Trinajstić information content (AvgIpc) is 2.75. The SMILES string of the molecule is CC1(C)OB(c2cncc(C3=CC4COCC(C3)N4)c2)OC1(C)C. The van der Waals surface area contributed by atoms with Crippen LogP contribution in [-0.4, -0.2) is 48.6 Å². The fourth-order valence-electron chi connectivity index (χ4n) is 3.48. The number of fused-ring (bicyclic) bond motifs is 2. The quantitative estimate of drug-likeness (QED) is 0.835. The summed E-state index contributed by atoms with van der Waals surface area (Å²) >= 11 is 0. The van der Waals surface area contributed by atoms with Crippen LogP contribution in [0.1, 0.15) is 39.7 Å². The van der Waals surface area contributed by atoms with Crippen LogP contribution in [0.2, 0.25) is 0 Å². The van der Waals surface area contributed by atoms with Crippen molar-refractivity contribution in [2.24, 2.45) is 0 Å². The number of pyridine rings is 1. The number of hydrogen-bond acceptors (Lipinski definition) is 5. The number of morpholine rings is 1. The lowest BCUT2D eigenvalue weighted by Crippen LogP contribution is -2.50. The number of nitrogens with one attached hydrogen (secondary N) is 1. The summed E-state index contributed by atoms with van der Waals surface area (Å²) in [5.74, 6) is 0. The van der Waals surface area contributed by atoms with Crippen LogP contribution < -0.4 is 10.8 Å². The Kier molecular flexibility index (Phi) is 3.84. The largest absolute Gasteiger partial charge is 0.496 e. The summed E-state index contributed by atoms with van der Waals surface area (Å²) in [5.41, 5.74) is 2.79. The summed E-state index contributed by atoms with van der Waals surface area (Å²) in [6.07, 6.45) is 7.01. The molecule has 0 aliphatic carbocycles. The van der Waals surface area contributed by atoms with Crippen LogP contribution in [0.25, 0.3) is 5.57 Å². The van der Waals surface area contributed by atoms with Crippen molar-refractivity contribution < 1.29 is 14.0 Å². The number of aromatic nitrogens is 1. The predicted octanol–water partition coefficient (Wildman–Crippen LogP) is 1.52. The van der Waals surface area contributed by atoms with Crippen molar-refractivity contribution in [2.45, 2.75) is 57.4 Å². The van der Waals surface area contributed by atoms with Crippen molar-refractivity contribution in [1.82, 2.24) is 10.3 Å². The van der Waals surface area contributed by atoms with Crippen molar-refractivity contribution in [2.75, 3.05) is 13.2 Å². The molecule has 2 saturated heterocycles. The first-order chi connectivity index (χ1) is 11.3. The highest BCUT2D eigenvalue weighted by atomic mass is 16.7. The second-order valence-electron chi connectivity index (χ2n) is 8.00. The first-order valence-electron chi connectivity index (χ1n) is 8.69. The minimum absolute atomic E-state index is 0.299. The van der Waals surface area contributed by atoms with Crippen LogP contribution in [0.5, 0.6) is 0 Å². The Hall–Kier alpha value is -1.21. The van der Waals surface area contributed by atoms with Crippen LogP contribution in [0.4, 0.5) is 0 Å². The molecule has 1 N–H and O–H groups in total. The molecule has 2 bridgehead atoms. The summed E-state index contributed by atoms with van der Waals surface area (Å²) in [6.45, 7) is 9.80. The van der Waals surface area contributed by atoms with E-state index in [1.54, 1.807) is 0 Å². The highest BCUT2D eigenvalue weighted by Gasteiger charge is 2.51. The second-order valence-corrected chi connectivity index (χ2v) is 8.00. The molecule has 3 aliphatic rings. The van der Waals surface area contributed by atoms with E-state index in [9.17, 15) is 0 Å². The standard InChI is InChI=1S/C18H25BN2O3/c1-17(2)18(3,4)24-19(23-17)14-5-13(8-20-9-14)12-6-15-10-22-11-16(7-12)21-15/h5-6,8-9,15-16,21H,7,10-11H2,1-4H3. The van der Waals surface area contributed by atoms with E-state index < -0.39 is 0 Å². The van der Waals surface area contributed by atoms with E-state index >= 15 is 0 Å². The minimum Gasteiger partial charge on any atom is -0.399 e. The van der Waals surface area contributed by atoms with Gasteiger partial charge in [-0.05, 0) is 45.3 Å². The zero-order valence-corrected chi connectivity index (χ0v) is 14.8. The molecule has 1 aromatic heterocycles. The molecule has 5 nitrogen and oxygen atoms in total. The number of ether oxygens (including phenoxy) is 1. The maximum absolute atomic E-state index is 6.15. The highest BCUT2D eigenvalue weighted by molar-refractivity contribution is 6.62. The molecule has 2 atom stereocenters. The first-order valence-corrected chi connectivity index (χ1v) is 8.69. The monoisotopic (exact) mass is 328 g/mol. The van der Waals surface area contributed by atoms with Crippen molar-refractivity contribution >= 4 is 18.2 Å². The molecule has 2 fully saturated rings. The Morgan fingerprint density at radius 2 is 1.88 bits per heavy atom. The smallest absolute Gasteiger partial charge is 0.399 e. The molecule has 0 spiro atoms. The van der Waals surface area contributed by atoms with Crippen LogP contribution in [-0.2, 0) is 14.0 Å². The van der Waals surface area contributed by atoms with E-state index in [-0.39, 0.29) is 18.3 Å². The molecule has 2 unspecified atom stereocenters. The summed E-state index contributed by atoms with van der Waals surface area (Å²) in [4.78, 5) is 4.44. The minimum atomic E-state index is -0.368. The molecule has 0 radical (unpaired) electrons. The van der Waals surface area contributed by atoms with Crippen molar-refractivity contribution in [3.63, 3.8) is 0 Å². The number of nitrogens with zero attached hydrogens (tertiary/aromatic N) is 1. The van der Waals surface area contributed by atoms with Crippen LogP contribution >= 0.6 is 0 Å². The van der Waals surface area contributed by atoms with Gasteiger partial charge in [0.05, 0.1) is 24.4 Å². The van der Waals surface area contributed by atoms with Gasteiger partial charge in [0.15, 0.2) is 0 Å². The zero-order valence-electron chi connectivity index (χ0n) is 14.8. The highest BCUT2D eigenvalue weighted by Crippen LogP contribution is 2.36. The molecule has 128 valence electrons. The lowest BCUT2D eigenvalue weighted by molar-refractivity contribution is 0.00578. The van der Waals surface area contributed by atoms with E-state index in [0.29, 0.717) is 12.1 Å². The van der Waals surface area contributed by atoms with Gasteiger partial charge in [-0.3, -0.25) is 4.98 Å². The van der Waals surface area contributed by atoms with Gasteiger partial charge in [-0.25, -0.2) is 0 Å². The molecule has 6 heteroatoms. The maximum Gasteiger partial charge on any atom is 0.496 e. The molecule has 4 heterocycles. The van der Waals surface area contributed by atoms with Gasteiger partial charge in [-0.1, -0.05) is 12.1 Å². The molecule has 0 aromatic carbocycles. The topological polar surface area (TPSA) is 52.6 Å². The normalized spacial score (nSPS) is 31.0. The van der Waals surface area contributed by atoms with E-state index in [2.05, 4.69) is 50.1 Å². The van der Waals surface area contributed by atoms with Gasteiger partial charge in [0.1, 0.15) is 0 Å². The van der Waals surface area contributed by atoms with Gasteiger partial charge in [0.2, 0.25) is 0 Å². The fraction of sp³-hybridized carbons (Fsp3) is 0.611. The van der Waals surface area contributed by atoms with Crippen LogP contribution in [0.15, 0.2) is 24.5 Å². The molecule has 3 aliphatic heterocycles. The number of hydrogen-bond donors (Lipinski definition) is 1. The van der Waals surface area contributed by atoms with Gasteiger partial charge >= 0.3 is 7.12 Å². The second kappa shape index (κ2) is 5.66. The lowest BCUT2D eigenvalue weighted by Gasteiger charge is -2.35. The summed E-state index contributed by atoms with van der Waals surface area (Å²) in [7, 11) is -0.368. The Morgan fingerprint density at radius 3 is 2.58 bits per heavy atom. The summed E-state index contributed by atoms with van der Waals surface area (Å²) in [6, 6.07) is 2.85. The predicted molar refractivity (Wildman–Crippen MR) is 94.1 cm³/mol. The van der Waals surface area contributed by atoms with E-state index in [1.807, 2.05) is 12.4 Å². The van der Waals surface area contributed by atoms with Gasteiger partial charge in [-0.15, -0.1) is 0 Å². The van der Waals surface area contributed by atoms with E-state index in [1.165, 1.54) is 5.57 Å². The fourth-order valence-corrected chi connectivity index (χ4v) is 3.48. The average molecular weight is 328 g/mol. The van der Waals surface area contributed by atoms with Crippen molar-refractivity contribution in [1.29, 1.82) is 0 Å². The molecule has 24 heavy (non-hydrogen) atoms. The number of rotatable bonds is 2. The van der Waals surface area contributed by atoms with Gasteiger partial charge in [-0.2, -0.15) is 0 Å². The Bertz CT molecular complexity index is 658. The van der Waals surface area contributed by atoms with Crippen molar-refractivity contribution in [3.05, 3.63) is 30.1 Å². The molecule has 0 saturated carbocycles. The molecular formula is C18H25BN2O3. The molecule has 4 rings (SSSR count). The summed E-state index contributed by atoms with van der Waals surface area (Å²) in [5, 5.41) is 3.57. The van der Waals surface area contributed by atoms with Crippen LogP contribution in [0, 0.1) is 0 Å². The first kappa shape index (κ1) is 16.3. The molecule has 0 amide bonds. The lowest BCUT2D eigenvalue weighted by atomic mass is 9.78. The summed E-state index contributed by atoms with van der Waals surface area (Å²) < 4.78 is 17.9. The van der Waals surface area contributed by atoms with Crippen LogP contribution in [0.3, 0.4) is 0 Å². The van der Waals surface area contributed by atoms with Crippen molar-refractivity contribution in [3.8, 4) is 0 Å².